The third-order valence-electron chi connectivity index (χ3n) is 9.68. The number of Topliss-reactive ketones (excluding diaryl/α,β-unsaturated/α-hetero) is 1. The molecule has 3 saturated heterocycles. The molecule has 1 saturated carbocycles. The van der Waals surface area contributed by atoms with Gasteiger partial charge in [-0.25, -0.2) is 0 Å². The van der Waals surface area contributed by atoms with Crippen molar-refractivity contribution in [2.45, 2.75) is 109 Å². The minimum Gasteiger partial charge on any atom is -0.397 e. The van der Waals surface area contributed by atoms with Gasteiger partial charge < -0.3 is 40.0 Å². The topological polar surface area (TPSA) is 139 Å². The predicted molar refractivity (Wildman–Crippen MR) is 203 cm³/mol. The highest BCUT2D eigenvalue weighted by atomic mass is 16.7. The molecule has 0 aromatic heterocycles. The number of hydrogen-bond acceptors (Lipinski definition) is 9. The van der Waals surface area contributed by atoms with Gasteiger partial charge in [-0.05, 0) is 73.4 Å². The number of piperazine rings is 1. The molecule has 4 aliphatic rings. The van der Waals surface area contributed by atoms with Crippen LogP contribution in [0.25, 0.3) is 0 Å². The maximum absolute atomic E-state index is 14.1. The minimum atomic E-state index is -0.884. The van der Waals surface area contributed by atoms with E-state index in [1.165, 1.54) is 0 Å². The van der Waals surface area contributed by atoms with Crippen molar-refractivity contribution in [2.75, 3.05) is 60.1 Å². The predicted octanol–water partition coefficient (Wildman–Crippen LogP) is 3.72. The van der Waals surface area contributed by atoms with E-state index in [4.69, 9.17) is 24.9 Å². The Balaban J connectivity index is 0.00000116. The molecule has 1 aliphatic carbocycles. The van der Waals surface area contributed by atoms with Gasteiger partial charge in [-0.15, -0.1) is 25.7 Å². The number of ketones is 1. The highest BCUT2D eigenvalue weighted by Crippen LogP contribution is 2.42. The average Bonchev–Trinajstić information content (AvgIpc) is 3.78. The number of terminal acetylenes is 2. The van der Waals surface area contributed by atoms with Crippen LogP contribution >= 0.6 is 0 Å². The second-order valence-electron chi connectivity index (χ2n) is 14.1. The fraction of sp³-hybridized carbons (Fsp3) is 0.692. The third kappa shape index (κ3) is 13.4. The summed E-state index contributed by atoms with van der Waals surface area (Å²) in [5.74, 6) is -0.691. The summed E-state index contributed by atoms with van der Waals surface area (Å²) in [7, 11) is 3.83. The molecule has 0 unspecified atom stereocenters. The Morgan fingerprint density at radius 3 is 2.22 bits per heavy atom. The van der Waals surface area contributed by atoms with Crippen molar-refractivity contribution in [3.05, 3.63) is 23.0 Å². The van der Waals surface area contributed by atoms with Crippen LogP contribution in [0.1, 0.15) is 86.0 Å². The summed E-state index contributed by atoms with van der Waals surface area (Å²) in [5, 5.41) is 2.78. The second-order valence-corrected chi connectivity index (χ2v) is 14.1. The molecular weight excluding hydrogens is 648 g/mol. The number of likely N-dealkylation sites (tertiary alicyclic amines) is 1. The molecule has 0 aromatic carbocycles. The largest absolute Gasteiger partial charge is 0.397 e. The lowest BCUT2D eigenvalue weighted by Gasteiger charge is -2.39. The molecule has 51 heavy (non-hydrogen) atoms. The summed E-state index contributed by atoms with van der Waals surface area (Å²) in [6.45, 7) is 14.5. The zero-order valence-electron chi connectivity index (χ0n) is 32.2. The Bertz CT molecular complexity index is 1220. The molecule has 1 spiro atoms. The summed E-state index contributed by atoms with van der Waals surface area (Å²) >= 11 is 0. The highest BCUT2D eigenvalue weighted by Gasteiger charge is 2.50. The number of nitrogens with two attached hydrogens (primary N) is 1. The fourth-order valence-electron chi connectivity index (χ4n) is 6.65. The highest BCUT2D eigenvalue weighted by molar-refractivity contribution is 6.00. The van der Waals surface area contributed by atoms with Gasteiger partial charge in [0.2, 0.25) is 12.8 Å². The molecular formula is C39H64N6O6. The molecule has 0 radical (unpaired) electrons. The van der Waals surface area contributed by atoms with Gasteiger partial charge in [0, 0.05) is 56.9 Å². The molecule has 3 heterocycles. The first-order chi connectivity index (χ1) is 24.4. The third-order valence-corrected chi connectivity index (χ3v) is 9.68. The molecule has 286 valence electrons. The Morgan fingerprint density at radius 2 is 1.71 bits per heavy atom. The van der Waals surface area contributed by atoms with Crippen LogP contribution in [-0.2, 0) is 28.6 Å². The van der Waals surface area contributed by atoms with E-state index >= 15 is 0 Å². The quantitative estimate of drug-likeness (QED) is 0.0820. The maximum atomic E-state index is 14.1. The molecule has 12 nitrogen and oxygen atoms in total. The van der Waals surface area contributed by atoms with Crippen molar-refractivity contribution in [1.82, 2.24) is 20.0 Å². The van der Waals surface area contributed by atoms with Crippen LogP contribution < -0.4 is 11.1 Å². The van der Waals surface area contributed by atoms with E-state index in [1.807, 2.05) is 34.6 Å². The first-order valence-corrected chi connectivity index (χ1v) is 18.0. The van der Waals surface area contributed by atoms with E-state index in [1.54, 1.807) is 18.1 Å². The van der Waals surface area contributed by atoms with E-state index in [9.17, 15) is 14.4 Å². The number of ether oxygens (including phenoxy) is 3. The summed E-state index contributed by atoms with van der Waals surface area (Å²) < 4.78 is 17.0. The van der Waals surface area contributed by atoms with Crippen LogP contribution in [0.5, 0.6) is 0 Å². The van der Waals surface area contributed by atoms with Crippen LogP contribution in [0.3, 0.4) is 0 Å². The molecule has 2 amide bonds. The van der Waals surface area contributed by atoms with Gasteiger partial charge in [0.1, 0.15) is 5.84 Å². The zero-order valence-corrected chi connectivity index (χ0v) is 32.2. The smallest absolute Gasteiger partial charge is 0.211 e. The number of amides is 2. The Morgan fingerprint density at radius 1 is 1.06 bits per heavy atom. The lowest BCUT2D eigenvalue weighted by molar-refractivity contribution is -0.209. The van der Waals surface area contributed by atoms with Crippen molar-refractivity contribution < 1.29 is 28.6 Å². The van der Waals surface area contributed by atoms with Gasteiger partial charge in [0.25, 0.3) is 0 Å². The Labute approximate surface area is 307 Å². The van der Waals surface area contributed by atoms with Crippen molar-refractivity contribution in [1.29, 1.82) is 0 Å². The number of nitrogens with zero attached hydrogens (tertiary/aromatic N) is 4. The lowest BCUT2D eigenvalue weighted by atomic mass is 9.77. The lowest BCUT2D eigenvalue weighted by Crippen LogP contribution is -2.53. The number of amidine groups is 1. The molecule has 3 aliphatic heterocycles. The van der Waals surface area contributed by atoms with Gasteiger partial charge in [-0.2, -0.15) is 0 Å². The first kappa shape index (κ1) is 45.3. The molecule has 12 heteroatoms. The van der Waals surface area contributed by atoms with E-state index in [0.29, 0.717) is 88.2 Å². The van der Waals surface area contributed by atoms with E-state index in [2.05, 4.69) is 47.9 Å². The van der Waals surface area contributed by atoms with E-state index in [0.717, 1.165) is 45.1 Å². The number of hydrogen-bond donors (Lipinski definition) is 2. The monoisotopic (exact) mass is 712 g/mol. The maximum Gasteiger partial charge on any atom is 0.211 e. The number of nitrogens with one attached hydrogen (secondary N) is 1. The molecule has 4 fully saturated rings. The minimum absolute atomic E-state index is 0.00973. The number of carbonyl (C=O) groups excluding carboxylic acids is 3. The molecule has 0 bridgehead atoms. The zero-order chi connectivity index (χ0) is 38.6. The summed E-state index contributed by atoms with van der Waals surface area (Å²) in [6.07, 6.45) is 25.9. The summed E-state index contributed by atoms with van der Waals surface area (Å²) in [6, 6.07) is 0.351. The first-order valence-electron chi connectivity index (χ1n) is 18.0. The van der Waals surface area contributed by atoms with E-state index < -0.39 is 11.7 Å². The second kappa shape index (κ2) is 23.0. The van der Waals surface area contributed by atoms with Crippen molar-refractivity contribution in [3.63, 3.8) is 0 Å². The van der Waals surface area contributed by atoms with Gasteiger partial charge in [-0.3, -0.25) is 19.4 Å². The number of carbonyl (C=O) groups is 3. The molecule has 3 atom stereocenters. The van der Waals surface area contributed by atoms with Gasteiger partial charge in [0.05, 0.1) is 42.7 Å². The van der Waals surface area contributed by atoms with Crippen LogP contribution in [0, 0.1) is 31.6 Å². The van der Waals surface area contributed by atoms with E-state index in [-0.39, 0.29) is 23.1 Å². The van der Waals surface area contributed by atoms with Gasteiger partial charge in [0.15, 0.2) is 11.6 Å². The van der Waals surface area contributed by atoms with Crippen LogP contribution in [0.2, 0.25) is 0 Å². The molecule has 0 aromatic rings. The number of allylic oxidation sites excluding steroid dienone is 1. The van der Waals surface area contributed by atoms with Crippen LogP contribution in [0.4, 0.5) is 0 Å². The number of methoxy groups -OCH3 is 1. The van der Waals surface area contributed by atoms with Crippen LogP contribution in [0.15, 0.2) is 28.0 Å². The molecule has 3 N–H and O–H groups in total. The fourth-order valence-corrected chi connectivity index (χ4v) is 6.65. The average molecular weight is 713 g/mol. The summed E-state index contributed by atoms with van der Waals surface area (Å²) in [5.41, 5.74) is 7.92. The Hall–Kier alpha value is -3.68. The SMILES string of the molecule is C#C.C#C.CCC/C(C(=O)[C@H]1CCCCC12OCCO2)=C(N)\C(=C\C(=NC[C@@H]1CCCN1C)N1CCN(C=O)[C@@H](C)C1)NC=O.COC(C)(C)C. The standard InChI is InChI=1S/C30H48N6O5.C5H12O.2C2H2/c1-4-8-24(29(39)25-10-5-6-11-30(25)40-15-16-41-30)28(31)26(33-20-37)17-27(32-18-23-9-7-12-34(23)3)35-13-14-36(21-38)22(2)19-35;1-5(2,3)6-4;2*1-2/h17,20-23,25H,4-16,18-19,31H2,1-3H3,(H,33,37);1-4H3;2*1-2H/b26-17-,28-24-,32-27?;;;/t22-,23-,25+;;;/m0.../s1. The van der Waals surface area contributed by atoms with Gasteiger partial charge >= 0.3 is 0 Å². The Kier molecular flexibility index (Phi) is 20.4. The number of likely N-dealkylation sites (N-methyl/N-ethyl adjacent to an activating group) is 1. The van der Waals surface area contributed by atoms with Gasteiger partial charge in [-0.1, -0.05) is 19.8 Å². The normalized spacial score (nSPS) is 24.1. The molecule has 4 rings (SSSR count). The number of aliphatic imine (C=N–C) groups is 1. The number of rotatable bonds is 11. The van der Waals surface area contributed by atoms with Crippen molar-refractivity contribution in [2.24, 2.45) is 16.6 Å². The van der Waals surface area contributed by atoms with Crippen molar-refractivity contribution in [3.8, 4) is 25.7 Å². The van der Waals surface area contributed by atoms with Crippen LogP contribution in [-0.4, -0.2) is 123 Å². The summed E-state index contributed by atoms with van der Waals surface area (Å²) in [4.78, 5) is 48.7. The van der Waals surface area contributed by atoms with Crippen molar-refractivity contribution >= 4 is 24.4 Å².